The summed E-state index contributed by atoms with van der Waals surface area (Å²) in [6.45, 7) is 9.39. The van der Waals surface area contributed by atoms with Crippen molar-refractivity contribution in [2.24, 2.45) is 5.92 Å². The van der Waals surface area contributed by atoms with Gasteiger partial charge in [0.1, 0.15) is 0 Å². The fourth-order valence-electron chi connectivity index (χ4n) is 7.23. The van der Waals surface area contributed by atoms with E-state index < -0.39 is 0 Å². The summed E-state index contributed by atoms with van der Waals surface area (Å²) in [5, 5.41) is 3.46. The molecule has 0 bridgehead atoms. The topological polar surface area (TPSA) is 15.3 Å². The average molecular weight is 545 g/mol. The molecule has 3 aliphatic rings. The Bertz CT molecular complexity index is 936. The summed E-state index contributed by atoms with van der Waals surface area (Å²) in [6, 6.07) is 16.6. The molecule has 0 amide bonds. The minimum absolute atomic E-state index is 0.792. The molecule has 1 N–H and O–H groups in total. The van der Waals surface area contributed by atoms with Crippen LogP contribution in [0.4, 0.5) is 5.69 Å². The van der Waals surface area contributed by atoms with Crippen molar-refractivity contribution in [2.45, 2.75) is 135 Å². The molecule has 0 atom stereocenters. The van der Waals surface area contributed by atoms with E-state index in [2.05, 4.69) is 66.5 Å². The number of aryl methyl sites for hydroxylation is 3. The third-order valence-corrected chi connectivity index (χ3v) is 9.90. The molecule has 2 aromatic carbocycles. The van der Waals surface area contributed by atoms with Gasteiger partial charge in [0.05, 0.1) is 0 Å². The van der Waals surface area contributed by atoms with E-state index in [1.54, 1.807) is 16.7 Å². The number of hydrogen-bond acceptors (Lipinski definition) is 2. The van der Waals surface area contributed by atoms with Crippen molar-refractivity contribution >= 4 is 5.69 Å². The number of anilines is 1. The van der Waals surface area contributed by atoms with E-state index in [1.807, 2.05) is 0 Å². The fourth-order valence-corrected chi connectivity index (χ4v) is 7.23. The van der Waals surface area contributed by atoms with E-state index in [0.29, 0.717) is 0 Å². The third-order valence-electron chi connectivity index (χ3n) is 9.90. The van der Waals surface area contributed by atoms with Crippen LogP contribution >= 0.6 is 0 Å². The van der Waals surface area contributed by atoms with Gasteiger partial charge in [0.2, 0.25) is 0 Å². The molecular weight excluding hydrogens is 484 g/mol. The van der Waals surface area contributed by atoms with Crippen LogP contribution in [-0.2, 0) is 19.3 Å². The minimum Gasteiger partial charge on any atom is -0.371 e. The quantitative estimate of drug-likeness (QED) is 0.267. The van der Waals surface area contributed by atoms with Gasteiger partial charge in [-0.1, -0.05) is 114 Å². The zero-order valence-corrected chi connectivity index (χ0v) is 26.2. The van der Waals surface area contributed by atoms with E-state index in [-0.39, 0.29) is 0 Å². The van der Waals surface area contributed by atoms with Gasteiger partial charge in [0, 0.05) is 18.8 Å². The third kappa shape index (κ3) is 10.2. The first-order chi connectivity index (χ1) is 19.8. The van der Waals surface area contributed by atoms with Gasteiger partial charge in [-0.2, -0.15) is 0 Å². The Morgan fingerprint density at radius 1 is 0.750 bits per heavy atom. The van der Waals surface area contributed by atoms with E-state index in [0.717, 1.165) is 18.3 Å². The lowest BCUT2D eigenvalue weighted by atomic mass is 9.85. The number of hydrogen-bond donors (Lipinski definition) is 1. The lowest BCUT2D eigenvalue weighted by molar-refractivity contribution is 0.328. The zero-order chi connectivity index (χ0) is 27.8. The van der Waals surface area contributed by atoms with Crippen LogP contribution in [0.15, 0.2) is 42.5 Å². The van der Waals surface area contributed by atoms with Crippen LogP contribution < -0.4 is 10.2 Å². The van der Waals surface area contributed by atoms with Gasteiger partial charge in [-0.3, -0.25) is 0 Å². The second-order valence-electron chi connectivity index (χ2n) is 13.0. The summed E-state index contributed by atoms with van der Waals surface area (Å²) < 4.78 is 0. The minimum atomic E-state index is 0.792. The number of piperidine rings is 1. The van der Waals surface area contributed by atoms with Crippen LogP contribution in [0.2, 0.25) is 0 Å². The van der Waals surface area contributed by atoms with Gasteiger partial charge in [-0.05, 0) is 105 Å². The molecule has 2 heterocycles. The van der Waals surface area contributed by atoms with E-state index in [9.17, 15) is 0 Å². The predicted molar refractivity (Wildman–Crippen MR) is 176 cm³/mol. The number of unbranched alkanes of at least 4 members (excludes halogenated alkanes) is 4. The van der Waals surface area contributed by atoms with Crippen molar-refractivity contribution < 1.29 is 0 Å². The van der Waals surface area contributed by atoms with Crippen LogP contribution in [0.25, 0.3) is 0 Å². The molecule has 5 rings (SSSR count). The summed E-state index contributed by atoms with van der Waals surface area (Å²) in [5.41, 5.74) is 7.66. The fraction of sp³-hybridized carbons (Fsp3) is 0.684. The molecular formula is C38H60N2. The normalized spacial score (nSPS) is 18.2. The van der Waals surface area contributed by atoms with E-state index in [4.69, 9.17) is 0 Å². The molecule has 1 saturated heterocycles. The first-order valence-corrected chi connectivity index (χ1v) is 17.4. The highest BCUT2D eigenvalue weighted by Crippen LogP contribution is 2.30. The smallest absolute Gasteiger partial charge is 0.0401 e. The molecule has 2 nitrogen and oxygen atoms in total. The van der Waals surface area contributed by atoms with Gasteiger partial charge >= 0.3 is 0 Å². The maximum atomic E-state index is 3.46. The molecule has 2 fully saturated rings. The zero-order valence-electron chi connectivity index (χ0n) is 26.2. The first-order valence-electron chi connectivity index (χ1n) is 17.4. The lowest BCUT2D eigenvalue weighted by Gasteiger charge is -2.32. The van der Waals surface area contributed by atoms with Crippen LogP contribution in [-0.4, -0.2) is 26.2 Å². The Labute approximate surface area is 247 Å². The highest BCUT2D eigenvalue weighted by atomic mass is 15.1. The van der Waals surface area contributed by atoms with Crippen molar-refractivity contribution in [3.8, 4) is 0 Å². The van der Waals surface area contributed by atoms with Crippen LogP contribution in [0.5, 0.6) is 0 Å². The second kappa shape index (κ2) is 17.9. The number of rotatable bonds is 12. The summed E-state index contributed by atoms with van der Waals surface area (Å²) in [6.07, 6.45) is 24.9. The maximum Gasteiger partial charge on any atom is 0.0401 e. The van der Waals surface area contributed by atoms with E-state index in [1.165, 1.54) is 147 Å². The van der Waals surface area contributed by atoms with Crippen LogP contribution in [0, 0.1) is 5.92 Å². The summed E-state index contributed by atoms with van der Waals surface area (Å²) >= 11 is 0. The van der Waals surface area contributed by atoms with Gasteiger partial charge < -0.3 is 10.2 Å². The van der Waals surface area contributed by atoms with Gasteiger partial charge in [-0.15, -0.1) is 0 Å². The molecule has 0 radical (unpaired) electrons. The number of fused-ring (bicyclic) bond motifs is 1. The molecule has 2 aromatic rings. The Hall–Kier alpha value is -1.80. The highest BCUT2D eigenvalue weighted by molar-refractivity contribution is 5.57. The largest absolute Gasteiger partial charge is 0.371 e. The molecule has 40 heavy (non-hydrogen) atoms. The molecule has 0 spiro atoms. The number of nitrogens with one attached hydrogen (secondary N) is 1. The predicted octanol–water partition coefficient (Wildman–Crippen LogP) is 10.0. The molecule has 2 aliphatic heterocycles. The van der Waals surface area contributed by atoms with Crippen molar-refractivity contribution in [2.75, 3.05) is 31.1 Å². The Kier molecular flexibility index (Phi) is 13.9. The summed E-state index contributed by atoms with van der Waals surface area (Å²) in [7, 11) is 0. The van der Waals surface area contributed by atoms with Crippen molar-refractivity contribution in [1.82, 2.24) is 5.32 Å². The van der Waals surface area contributed by atoms with Gasteiger partial charge in [-0.25, -0.2) is 0 Å². The first kappa shape index (κ1) is 31.1. The van der Waals surface area contributed by atoms with Crippen LogP contribution in [0.3, 0.4) is 0 Å². The Balaban J connectivity index is 0.000000194. The number of benzene rings is 2. The monoisotopic (exact) mass is 544 g/mol. The molecule has 0 aromatic heterocycles. The molecule has 2 heteroatoms. The van der Waals surface area contributed by atoms with Gasteiger partial charge in [0.25, 0.3) is 0 Å². The highest BCUT2D eigenvalue weighted by Gasteiger charge is 2.17. The Morgan fingerprint density at radius 3 is 2.27 bits per heavy atom. The molecule has 1 aliphatic carbocycles. The number of nitrogens with zero attached hydrogens (tertiary/aromatic N) is 1. The van der Waals surface area contributed by atoms with Crippen LogP contribution in [0.1, 0.15) is 138 Å². The SMILES string of the molecule is CCCCCN1CCCc2ccc(CC)cc21.c1cc(C2CCNCC2)ccc1CCCCCC1CCCCC1. The summed E-state index contributed by atoms with van der Waals surface area (Å²) in [4.78, 5) is 2.60. The second-order valence-corrected chi connectivity index (χ2v) is 13.0. The lowest BCUT2D eigenvalue weighted by Crippen LogP contribution is -2.30. The molecule has 222 valence electrons. The van der Waals surface area contributed by atoms with Crippen molar-refractivity contribution in [1.29, 1.82) is 0 Å². The van der Waals surface area contributed by atoms with E-state index >= 15 is 0 Å². The van der Waals surface area contributed by atoms with Crippen molar-refractivity contribution in [3.05, 3.63) is 64.7 Å². The molecule has 1 saturated carbocycles. The maximum absolute atomic E-state index is 3.46. The molecule has 0 unspecified atom stereocenters. The van der Waals surface area contributed by atoms with Gasteiger partial charge in [0.15, 0.2) is 0 Å². The average Bonchev–Trinajstić information content (AvgIpc) is 3.02. The van der Waals surface area contributed by atoms with Crippen molar-refractivity contribution in [3.63, 3.8) is 0 Å². The summed E-state index contributed by atoms with van der Waals surface area (Å²) in [5.74, 6) is 1.86. The standard InChI is InChI=1S/C22H35N.C16H25N/c1-3-7-19(8-4-1)9-5-2-6-10-20-11-13-21(14-12-20)22-15-17-23-18-16-22;1-3-5-6-11-17-12-7-8-15-10-9-14(4-2)13-16(15)17/h11-14,19,22-23H,1-10,15-18H2;9-10,13H,3-8,11-12H2,1-2H3. The Morgan fingerprint density at radius 2 is 1.52 bits per heavy atom.